The number of hydrogen-bond donors (Lipinski definition) is 0. The zero-order valence-electron chi connectivity index (χ0n) is 11.4. The van der Waals surface area contributed by atoms with Gasteiger partial charge in [-0.25, -0.2) is 4.90 Å². The normalized spacial score (nSPS) is 17.1. The zero-order chi connectivity index (χ0) is 14.9. The fraction of sp³-hybridized carbons (Fsp3) is 0.214. The van der Waals surface area contributed by atoms with E-state index in [1.165, 1.54) is 19.4 Å². The van der Waals surface area contributed by atoms with Gasteiger partial charge < -0.3 is 9.64 Å². The summed E-state index contributed by atoms with van der Waals surface area (Å²) in [6.07, 6.45) is 1.35. The number of ketones is 1. The van der Waals surface area contributed by atoms with E-state index in [-0.39, 0.29) is 5.57 Å². The molecule has 0 N–H and O–H groups in total. The van der Waals surface area contributed by atoms with Crippen LogP contribution >= 0.6 is 0 Å². The van der Waals surface area contributed by atoms with Gasteiger partial charge in [-0.1, -0.05) is 6.07 Å². The summed E-state index contributed by atoms with van der Waals surface area (Å²) in [4.78, 5) is 38.4. The van der Waals surface area contributed by atoms with E-state index in [2.05, 4.69) is 0 Å². The van der Waals surface area contributed by atoms with E-state index < -0.39 is 17.6 Å². The third-order valence-electron chi connectivity index (χ3n) is 2.77. The van der Waals surface area contributed by atoms with Crippen LogP contribution in [-0.2, 0) is 14.4 Å². The Hall–Kier alpha value is -2.63. The molecule has 2 amide bonds. The number of rotatable bonds is 3. The highest BCUT2D eigenvalue weighted by atomic mass is 16.5. The third kappa shape index (κ3) is 2.27. The summed E-state index contributed by atoms with van der Waals surface area (Å²) in [7, 11) is 4.83. The molecule has 104 valence electrons. The van der Waals surface area contributed by atoms with Crippen molar-refractivity contribution in [3.8, 4) is 5.75 Å². The minimum Gasteiger partial charge on any atom is -0.497 e. The maximum absolute atomic E-state index is 12.2. The van der Waals surface area contributed by atoms with Crippen LogP contribution in [0.3, 0.4) is 0 Å². The van der Waals surface area contributed by atoms with Gasteiger partial charge in [0.05, 0.1) is 12.8 Å². The number of carbonyl (C=O) groups excluding carboxylic acids is 3. The van der Waals surface area contributed by atoms with Crippen LogP contribution in [-0.4, -0.2) is 43.7 Å². The topological polar surface area (TPSA) is 66.9 Å². The summed E-state index contributed by atoms with van der Waals surface area (Å²) in [6, 6.07) is 6.44. The molecule has 0 atom stereocenters. The number of hydrogen-bond acceptors (Lipinski definition) is 5. The molecular weight excluding hydrogens is 260 g/mol. The van der Waals surface area contributed by atoms with Crippen LogP contribution in [0.1, 0.15) is 0 Å². The fourth-order valence-electron chi connectivity index (χ4n) is 1.88. The van der Waals surface area contributed by atoms with Crippen LogP contribution in [0.5, 0.6) is 5.75 Å². The molecule has 1 fully saturated rings. The molecule has 1 saturated heterocycles. The van der Waals surface area contributed by atoms with E-state index in [4.69, 9.17) is 4.74 Å². The van der Waals surface area contributed by atoms with E-state index in [1.807, 2.05) is 0 Å². The second kappa shape index (κ2) is 5.16. The minimum absolute atomic E-state index is 0.136. The maximum Gasteiger partial charge on any atom is 0.306 e. The Morgan fingerprint density at radius 1 is 1.15 bits per heavy atom. The van der Waals surface area contributed by atoms with Crippen molar-refractivity contribution in [3.05, 3.63) is 36.0 Å². The number of ether oxygens (including phenoxy) is 1. The third-order valence-corrected chi connectivity index (χ3v) is 2.77. The predicted octanol–water partition coefficient (Wildman–Crippen LogP) is 0.583. The number of anilines is 1. The molecule has 1 aromatic rings. The van der Waals surface area contributed by atoms with E-state index >= 15 is 0 Å². The van der Waals surface area contributed by atoms with Crippen molar-refractivity contribution in [3.63, 3.8) is 0 Å². The standard InChI is InChI=1S/C14H14N2O4/c1-15(2)8-11-12(17)14(19)16(13(11)18)9-5-4-6-10(7-9)20-3/h4-8H,1-3H3/b11-8+. The van der Waals surface area contributed by atoms with Crippen molar-refractivity contribution in [1.29, 1.82) is 0 Å². The lowest BCUT2D eigenvalue weighted by atomic mass is 10.2. The summed E-state index contributed by atoms with van der Waals surface area (Å²) in [5, 5.41) is 0. The van der Waals surface area contributed by atoms with Gasteiger partial charge in [-0.05, 0) is 12.1 Å². The van der Waals surface area contributed by atoms with Crippen LogP contribution in [0.2, 0.25) is 0 Å². The van der Waals surface area contributed by atoms with Gasteiger partial charge in [0.1, 0.15) is 11.3 Å². The molecule has 1 heterocycles. The molecule has 0 aromatic heterocycles. The van der Waals surface area contributed by atoms with Crippen LogP contribution < -0.4 is 9.64 Å². The predicted molar refractivity (Wildman–Crippen MR) is 72.3 cm³/mol. The number of benzene rings is 1. The molecule has 0 spiro atoms. The Balaban J connectivity index is 2.45. The summed E-state index contributed by atoms with van der Waals surface area (Å²) < 4.78 is 5.05. The van der Waals surface area contributed by atoms with Crippen LogP contribution in [0.25, 0.3) is 0 Å². The molecule has 0 bridgehead atoms. The molecule has 6 heteroatoms. The summed E-state index contributed by atoms with van der Waals surface area (Å²) in [5.41, 5.74) is 0.178. The van der Waals surface area contributed by atoms with Gasteiger partial charge >= 0.3 is 5.91 Å². The Morgan fingerprint density at radius 2 is 1.85 bits per heavy atom. The first-order chi connectivity index (χ1) is 9.45. The molecule has 20 heavy (non-hydrogen) atoms. The lowest BCUT2D eigenvalue weighted by Crippen LogP contribution is -2.30. The van der Waals surface area contributed by atoms with Crippen LogP contribution in [0.4, 0.5) is 5.69 Å². The van der Waals surface area contributed by atoms with E-state index in [0.29, 0.717) is 11.4 Å². The number of Topliss-reactive ketones (excluding diaryl/α,β-unsaturated/α-hetero) is 1. The highest BCUT2D eigenvalue weighted by Gasteiger charge is 2.43. The van der Waals surface area contributed by atoms with E-state index in [0.717, 1.165) is 4.90 Å². The monoisotopic (exact) mass is 274 g/mol. The van der Waals surface area contributed by atoms with Crippen LogP contribution in [0, 0.1) is 0 Å². The molecule has 6 nitrogen and oxygen atoms in total. The molecule has 0 aliphatic carbocycles. The Morgan fingerprint density at radius 3 is 2.45 bits per heavy atom. The number of nitrogens with zero attached hydrogens (tertiary/aromatic N) is 2. The highest BCUT2D eigenvalue weighted by Crippen LogP contribution is 2.27. The molecule has 0 radical (unpaired) electrons. The van der Waals surface area contributed by atoms with Crippen molar-refractivity contribution >= 4 is 23.3 Å². The minimum atomic E-state index is -0.851. The van der Waals surface area contributed by atoms with Gasteiger partial charge in [-0.2, -0.15) is 0 Å². The fourth-order valence-corrected chi connectivity index (χ4v) is 1.88. The molecule has 1 aliphatic rings. The Labute approximate surface area is 116 Å². The molecule has 1 aromatic carbocycles. The SMILES string of the molecule is COc1cccc(N2C(=O)C(=O)/C(=C\N(C)C)C2=O)c1. The number of imide groups is 1. The second-order valence-corrected chi connectivity index (χ2v) is 4.48. The van der Waals surface area contributed by atoms with Gasteiger partial charge in [0.15, 0.2) is 0 Å². The quantitative estimate of drug-likeness (QED) is 0.349. The summed E-state index contributed by atoms with van der Waals surface area (Å²) in [5.74, 6) is -1.77. The first-order valence-electron chi connectivity index (χ1n) is 5.91. The smallest absolute Gasteiger partial charge is 0.306 e. The first-order valence-corrected chi connectivity index (χ1v) is 5.91. The lowest BCUT2D eigenvalue weighted by Gasteiger charge is -2.13. The van der Waals surface area contributed by atoms with Gasteiger partial charge in [0.2, 0.25) is 0 Å². The largest absolute Gasteiger partial charge is 0.497 e. The molecule has 1 aliphatic heterocycles. The molecular formula is C14H14N2O4. The number of carbonyl (C=O) groups is 3. The average molecular weight is 274 g/mol. The average Bonchev–Trinajstić information content (AvgIpc) is 2.62. The maximum atomic E-state index is 12.2. The van der Waals surface area contributed by atoms with Crippen molar-refractivity contribution < 1.29 is 19.1 Å². The Kier molecular flexibility index (Phi) is 3.56. The van der Waals surface area contributed by atoms with Crippen molar-refractivity contribution in [1.82, 2.24) is 4.90 Å². The van der Waals surface area contributed by atoms with Crippen LogP contribution in [0.15, 0.2) is 36.0 Å². The summed E-state index contributed by atoms with van der Waals surface area (Å²) >= 11 is 0. The van der Waals surface area contributed by atoms with E-state index in [1.54, 1.807) is 37.2 Å². The zero-order valence-corrected chi connectivity index (χ0v) is 11.4. The van der Waals surface area contributed by atoms with Gasteiger partial charge in [-0.15, -0.1) is 0 Å². The van der Waals surface area contributed by atoms with Gasteiger partial charge in [0.25, 0.3) is 11.7 Å². The first kappa shape index (κ1) is 13.8. The number of methoxy groups -OCH3 is 1. The highest BCUT2D eigenvalue weighted by molar-refractivity contribution is 6.63. The summed E-state index contributed by atoms with van der Waals surface area (Å²) in [6.45, 7) is 0. The second-order valence-electron chi connectivity index (χ2n) is 4.48. The van der Waals surface area contributed by atoms with E-state index in [9.17, 15) is 14.4 Å². The molecule has 0 unspecified atom stereocenters. The van der Waals surface area contributed by atoms with Crippen molar-refractivity contribution in [2.24, 2.45) is 0 Å². The lowest BCUT2D eigenvalue weighted by molar-refractivity contribution is -0.132. The van der Waals surface area contributed by atoms with Crippen molar-refractivity contribution in [2.75, 3.05) is 26.1 Å². The molecule has 0 saturated carbocycles. The Bertz CT molecular complexity index is 619. The van der Waals surface area contributed by atoms with Gasteiger partial charge in [-0.3, -0.25) is 14.4 Å². The van der Waals surface area contributed by atoms with Gasteiger partial charge in [0, 0.05) is 26.4 Å². The number of amides is 2. The molecule has 2 rings (SSSR count). The van der Waals surface area contributed by atoms with Crippen molar-refractivity contribution in [2.45, 2.75) is 0 Å².